The molecule has 0 fully saturated rings. The molecule has 1 amide bonds. The number of anilines is 1. The average molecular weight is 357 g/mol. The number of hydrogen-bond acceptors (Lipinski definition) is 5. The number of amides is 1. The highest BCUT2D eigenvalue weighted by Crippen LogP contribution is 2.34. The van der Waals surface area contributed by atoms with Crippen molar-refractivity contribution in [2.45, 2.75) is 13.8 Å². The number of primary amides is 1. The standard InChI is InChI=1S/C17H14FN3O3.C2H6/c1-23-16-8-13-10(7-11(16)17(20)22)14(4-5-21-13)24-15-3-2-9(19)6-12(15)18;1-2/h2-8H,19H2,1H3,(H2,20,22);1-2H3. The molecular formula is C19H20FN3O3. The van der Waals surface area contributed by atoms with Gasteiger partial charge in [0.15, 0.2) is 11.6 Å². The summed E-state index contributed by atoms with van der Waals surface area (Å²) in [6.07, 6.45) is 1.51. The summed E-state index contributed by atoms with van der Waals surface area (Å²) < 4.78 is 24.7. The van der Waals surface area contributed by atoms with Gasteiger partial charge in [0.2, 0.25) is 0 Å². The van der Waals surface area contributed by atoms with E-state index in [4.69, 9.17) is 20.9 Å². The zero-order valence-corrected chi connectivity index (χ0v) is 14.7. The molecule has 2 aromatic carbocycles. The van der Waals surface area contributed by atoms with Gasteiger partial charge in [-0.3, -0.25) is 9.78 Å². The summed E-state index contributed by atoms with van der Waals surface area (Å²) in [6, 6.07) is 8.76. The zero-order chi connectivity index (χ0) is 19.3. The average Bonchev–Trinajstić information content (AvgIpc) is 2.64. The number of benzene rings is 2. The highest BCUT2D eigenvalue weighted by atomic mass is 19.1. The van der Waals surface area contributed by atoms with Crippen LogP contribution in [0, 0.1) is 5.82 Å². The Morgan fingerprint density at radius 1 is 1.08 bits per heavy atom. The predicted octanol–water partition coefficient (Wildman–Crippen LogP) is 3.88. The number of aromatic nitrogens is 1. The van der Waals surface area contributed by atoms with Gasteiger partial charge in [-0.05, 0) is 24.3 Å². The van der Waals surface area contributed by atoms with Gasteiger partial charge in [-0.25, -0.2) is 4.39 Å². The molecule has 26 heavy (non-hydrogen) atoms. The molecule has 0 spiro atoms. The highest BCUT2D eigenvalue weighted by Gasteiger charge is 2.15. The minimum absolute atomic E-state index is 0.00754. The first-order chi connectivity index (χ1) is 12.5. The Morgan fingerprint density at radius 3 is 2.42 bits per heavy atom. The second-order valence-electron chi connectivity index (χ2n) is 5.03. The van der Waals surface area contributed by atoms with Crippen LogP contribution in [0.3, 0.4) is 0 Å². The minimum atomic E-state index is -0.651. The van der Waals surface area contributed by atoms with Crippen LogP contribution in [0.1, 0.15) is 24.2 Å². The third kappa shape index (κ3) is 3.83. The predicted molar refractivity (Wildman–Crippen MR) is 99.0 cm³/mol. The molecule has 0 saturated heterocycles. The molecule has 4 N–H and O–H groups in total. The van der Waals surface area contributed by atoms with Gasteiger partial charge >= 0.3 is 0 Å². The topological polar surface area (TPSA) is 100 Å². The maximum absolute atomic E-state index is 13.9. The van der Waals surface area contributed by atoms with E-state index in [0.29, 0.717) is 28.1 Å². The summed E-state index contributed by atoms with van der Waals surface area (Å²) in [4.78, 5) is 15.8. The van der Waals surface area contributed by atoms with E-state index in [0.717, 1.165) is 6.07 Å². The molecule has 0 aliphatic carbocycles. The normalized spacial score (nSPS) is 10.0. The summed E-state index contributed by atoms with van der Waals surface area (Å²) in [5, 5.41) is 0.503. The Hall–Kier alpha value is -3.35. The largest absolute Gasteiger partial charge is 0.496 e. The fourth-order valence-corrected chi connectivity index (χ4v) is 2.32. The molecule has 7 heteroatoms. The zero-order valence-electron chi connectivity index (χ0n) is 14.7. The number of halogens is 1. The summed E-state index contributed by atoms with van der Waals surface area (Å²) >= 11 is 0. The number of hydrogen-bond donors (Lipinski definition) is 2. The minimum Gasteiger partial charge on any atom is -0.496 e. The number of nitrogens with zero attached hydrogens (tertiary/aromatic N) is 1. The monoisotopic (exact) mass is 357 g/mol. The Bertz CT molecular complexity index is 945. The van der Waals surface area contributed by atoms with E-state index in [1.165, 1.54) is 31.5 Å². The third-order valence-corrected chi connectivity index (χ3v) is 3.46. The molecule has 0 atom stereocenters. The second-order valence-corrected chi connectivity index (χ2v) is 5.03. The van der Waals surface area contributed by atoms with Gasteiger partial charge in [0.1, 0.15) is 11.5 Å². The van der Waals surface area contributed by atoms with E-state index in [1.54, 1.807) is 12.1 Å². The number of nitrogens with two attached hydrogens (primary N) is 2. The number of fused-ring (bicyclic) bond motifs is 1. The molecule has 0 bridgehead atoms. The maximum Gasteiger partial charge on any atom is 0.252 e. The van der Waals surface area contributed by atoms with Gasteiger partial charge in [0.25, 0.3) is 5.91 Å². The fraction of sp³-hybridized carbons (Fsp3) is 0.158. The van der Waals surface area contributed by atoms with Crippen molar-refractivity contribution in [3.05, 3.63) is 54.0 Å². The van der Waals surface area contributed by atoms with Crippen LogP contribution < -0.4 is 20.9 Å². The van der Waals surface area contributed by atoms with E-state index in [9.17, 15) is 9.18 Å². The molecular weight excluding hydrogens is 337 g/mol. The molecule has 0 unspecified atom stereocenters. The lowest BCUT2D eigenvalue weighted by Gasteiger charge is -2.12. The molecule has 136 valence electrons. The molecule has 0 aliphatic rings. The molecule has 0 radical (unpaired) electrons. The summed E-state index contributed by atoms with van der Waals surface area (Å²) in [5.74, 6) is -0.605. The van der Waals surface area contributed by atoms with Crippen molar-refractivity contribution < 1.29 is 18.7 Å². The van der Waals surface area contributed by atoms with Gasteiger partial charge < -0.3 is 20.9 Å². The second kappa shape index (κ2) is 8.15. The van der Waals surface area contributed by atoms with Crippen molar-refractivity contribution in [3.8, 4) is 17.2 Å². The first-order valence-corrected chi connectivity index (χ1v) is 7.99. The van der Waals surface area contributed by atoms with Crippen LogP contribution in [-0.2, 0) is 0 Å². The van der Waals surface area contributed by atoms with E-state index in [2.05, 4.69) is 4.98 Å². The Morgan fingerprint density at radius 2 is 1.81 bits per heavy atom. The van der Waals surface area contributed by atoms with Gasteiger partial charge in [-0.1, -0.05) is 13.8 Å². The van der Waals surface area contributed by atoms with Gasteiger partial charge in [-0.2, -0.15) is 0 Å². The van der Waals surface area contributed by atoms with Crippen molar-refractivity contribution >= 4 is 22.5 Å². The summed E-state index contributed by atoms with van der Waals surface area (Å²) in [6.45, 7) is 4.00. The molecule has 3 rings (SSSR count). The van der Waals surface area contributed by atoms with Crippen molar-refractivity contribution in [1.29, 1.82) is 0 Å². The van der Waals surface area contributed by atoms with Crippen LogP contribution in [0.25, 0.3) is 10.9 Å². The van der Waals surface area contributed by atoms with Crippen LogP contribution in [0.15, 0.2) is 42.6 Å². The van der Waals surface area contributed by atoms with E-state index in [-0.39, 0.29) is 11.3 Å². The molecule has 3 aromatic rings. The van der Waals surface area contributed by atoms with E-state index in [1.807, 2.05) is 13.8 Å². The lowest BCUT2D eigenvalue weighted by atomic mass is 10.1. The van der Waals surface area contributed by atoms with Crippen molar-refractivity contribution in [1.82, 2.24) is 4.98 Å². The van der Waals surface area contributed by atoms with Gasteiger partial charge in [-0.15, -0.1) is 0 Å². The molecule has 1 aromatic heterocycles. The first kappa shape index (κ1) is 19.0. The molecule has 1 heterocycles. The number of carbonyl (C=O) groups excluding carboxylic acids is 1. The van der Waals surface area contributed by atoms with Crippen LogP contribution in [0.5, 0.6) is 17.2 Å². The van der Waals surface area contributed by atoms with E-state index >= 15 is 0 Å². The fourth-order valence-electron chi connectivity index (χ4n) is 2.32. The third-order valence-electron chi connectivity index (χ3n) is 3.46. The van der Waals surface area contributed by atoms with E-state index < -0.39 is 11.7 Å². The van der Waals surface area contributed by atoms with Crippen molar-refractivity contribution in [2.24, 2.45) is 5.73 Å². The molecule has 0 saturated carbocycles. The highest BCUT2D eigenvalue weighted by molar-refractivity contribution is 6.01. The SMILES string of the molecule is CC.COc1cc2nccc(Oc3ccc(N)cc3F)c2cc1C(N)=O. The molecule has 6 nitrogen and oxygen atoms in total. The Balaban J connectivity index is 0.00000117. The van der Waals surface area contributed by atoms with Crippen LogP contribution >= 0.6 is 0 Å². The smallest absolute Gasteiger partial charge is 0.252 e. The number of rotatable bonds is 4. The van der Waals surface area contributed by atoms with Crippen LogP contribution in [0.2, 0.25) is 0 Å². The quantitative estimate of drug-likeness (QED) is 0.690. The summed E-state index contributed by atoms with van der Waals surface area (Å²) in [5.41, 5.74) is 11.9. The van der Waals surface area contributed by atoms with Crippen LogP contribution in [-0.4, -0.2) is 18.0 Å². The number of methoxy groups -OCH3 is 1. The van der Waals surface area contributed by atoms with Gasteiger partial charge in [0.05, 0.1) is 18.2 Å². The summed E-state index contributed by atoms with van der Waals surface area (Å²) in [7, 11) is 1.43. The Kier molecular flexibility index (Phi) is 5.95. The Labute approximate surface area is 150 Å². The van der Waals surface area contributed by atoms with Crippen molar-refractivity contribution in [2.75, 3.05) is 12.8 Å². The lowest BCUT2D eigenvalue weighted by molar-refractivity contribution is 0.0997. The lowest BCUT2D eigenvalue weighted by Crippen LogP contribution is -2.12. The van der Waals surface area contributed by atoms with Crippen LogP contribution in [0.4, 0.5) is 10.1 Å². The number of pyridine rings is 1. The number of ether oxygens (including phenoxy) is 2. The first-order valence-electron chi connectivity index (χ1n) is 7.99. The maximum atomic E-state index is 13.9. The molecule has 0 aliphatic heterocycles. The number of nitrogen functional groups attached to an aromatic ring is 1. The van der Waals surface area contributed by atoms with Gasteiger partial charge in [0, 0.05) is 29.4 Å². The number of carbonyl (C=O) groups is 1. The van der Waals surface area contributed by atoms with Crippen molar-refractivity contribution in [3.63, 3.8) is 0 Å².